The van der Waals surface area contributed by atoms with Crippen molar-refractivity contribution in [3.63, 3.8) is 0 Å². The Bertz CT molecular complexity index is 910. The second-order valence-electron chi connectivity index (χ2n) is 9.33. The maximum atomic E-state index is 12.9. The number of aromatic nitrogens is 3. The summed E-state index contributed by atoms with van der Waals surface area (Å²) in [6.45, 7) is 2.64. The molecular weight excluding hydrogens is 382 g/mol. The van der Waals surface area contributed by atoms with E-state index >= 15 is 0 Å². The minimum Gasteiger partial charge on any atom is -0.494 e. The van der Waals surface area contributed by atoms with Crippen molar-refractivity contribution < 1.29 is 9.53 Å². The predicted molar refractivity (Wildman–Crippen MR) is 111 cm³/mol. The van der Waals surface area contributed by atoms with Crippen molar-refractivity contribution in [2.45, 2.75) is 61.8 Å². The number of hydrogen-bond acceptors (Lipinski definition) is 5. The molecule has 4 fully saturated rings. The van der Waals surface area contributed by atoms with E-state index in [4.69, 9.17) is 14.8 Å². The lowest BCUT2D eigenvalue weighted by Crippen LogP contribution is -2.44. The van der Waals surface area contributed by atoms with Gasteiger partial charge in [0, 0.05) is 17.6 Å². The topological polar surface area (TPSA) is 57.0 Å². The molecule has 1 aromatic carbocycles. The van der Waals surface area contributed by atoms with Crippen LogP contribution in [0.4, 0.5) is 0 Å². The summed E-state index contributed by atoms with van der Waals surface area (Å²) >= 11 is 1.68. The Kier molecular flexibility index (Phi) is 4.26. The number of thioether (sulfide) groups is 1. The van der Waals surface area contributed by atoms with Crippen LogP contribution in [0, 0.1) is 23.7 Å². The Balaban J connectivity index is 1.26. The van der Waals surface area contributed by atoms with Gasteiger partial charge < -0.3 is 4.74 Å². The fourth-order valence-corrected chi connectivity index (χ4v) is 7.75. The molecule has 4 saturated carbocycles. The van der Waals surface area contributed by atoms with Crippen LogP contribution < -0.4 is 4.74 Å². The Morgan fingerprint density at radius 3 is 2.41 bits per heavy atom. The zero-order chi connectivity index (χ0) is 19.5. The van der Waals surface area contributed by atoms with Crippen LogP contribution in [0.3, 0.4) is 0 Å². The SMILES string of the molecule is CCOc1ccc([C@H]2CC(=O)n3nc(C4C5CC6CC(C5)CC4C6)nc3S2)cc1. The quantitative estimate of drug-likeness (QED) is 0.704. The maximum Gasteiger partial charge on any atom is 0.250 e. The molecule has 4 bridgehead atoms. The second kappa shape index (κ2) is 6.86. The predicted octanol–water partition coefficient (Wildman–Crippen LogP) is 5.09. The van der Waals surface area contributed by atoms with Crippen molar-refractivity contribution in [2.75, 3.05) is 6.61 Å². The second-order valence-corrected chi connectivity index (χ2v) is 10.5. The molecule has 0 N–H and O–H groups in total. The first-order valence-corrected chi connectivity index (χ1v) is 12.0. The molecule has 1 aromatic heterocycles. The zero-order valence-corrected chi connectivity index (χ0v) is 17.6. The molecule has 5 aliphatic rings. The molecule has 6 heteroatoms. The number of rotatable bonds is 4. The summed E-state index contributed by atoms with van der Waals surface area (Å²) in [6.07, 6.45) is 7.30. The first kappa shape index (κ1) is 18.0. The maximum absolute atomic E-state index is 12.9. The molecule has 4 aliphatic carbocycles. The highest BCUT2D eigenvalue weighted by Gasteiger charge is 2.50. The summed E-state index contributed by atoms with van der Waals surface area (Å²) in [5, 5.41) is 5.64. The Hall–Kier alpha value is -1.82. The average molecular weight is 410 g/mol. The number of ether oxygens (including phenoxy) is 1. The van der Waals surface area contributed by atoms with E-state index in [9.17, 15) is 4.79 Å². The third kappa shape index (κ3) is 3.02. The van der Waals surface area contributed by atoms with Crippen molar-refractivity contribution in [1.82, 2.24) is 14.8 Å². The molecule has 152 valence electrons. The van der Waals surface area contributed by atoms with E-state index < -0.39 is 0 Å². The van der Waals surface area contributed by atoms with Crippen molar-refractivity contribution in [3.05, 3.63) is 35.7 Å². The van der Waals surface area contributed by atoms with Crippen molar-refractivity contribution in [2.24, 2.45) is 23.7 Å². The first-order valence-electron chi connectivity index (χ1n) is 11.1. The third-order valence-corrected chi connectivity index (χ3v) is 8.72. The Morgan fingerprint density at radius 2 is 1.76 bits per heavy atom. The van der Waals surface area contributed by atoms with Gasteiger partial charge in [-0.3, -0.25) is 4.79 Å². The minimum absolute atomic E-state index is 0.0696. The van der Waals surface area contributed by atoms with E-state index in [2.05, 4.69) is 12.1 Å². The molecule has 0 unspecified atom stereocenters. The van der Waals surface area contributed by atoms with Crippen molar-refractivity contribution in [1.29, 1.82) is 0 Å². The van der Waals surface area contributed by atoms with Gasteiger partial charge >= 0.3 is 0 Å². The lowest BCUT2D eigenvalue weighted by molar-refractivity contribution is -0.00571. The number of nitrogens with zero attached hydrogens (tertiary/aromatic N) is 3. The average Bonchev–Trinajstić information content (AvgIpc) is 3.12. The van der Waals surface area contributed by atoms with E-state index in [1.165, 1.54) is 32.1 Å². The summed E-state index contributed by atoms with van der Waals surface area (Å²) in [4.78, 5) is 17.8. The summed E-state index contributed by atoms with van der Waals surface area (Å²) in [5.41, 5.74) is 1.15. The van der Waals surface area contributed by atoms with Gasteiger partial charge in [0.1, 0.15) is 5.75 Å². The van der Waals surface area contributed by atoms with Crippen LogP contribution in [0.1, 0.15) is 72.8 Å². The molecule has 29 heavy (non-hydrogen) atoms. The fourth-order valence-electron chi connectivity index (χ4n) is 6.58. The normalized spacial score (nSPS) is 35.0. The van der Waals surface area contributed by atoms with Crippen molar-refractivity contribution in [3.8, 4) is 5.75 Å². The van der Waals surface area contributed by atoms with Gasteiger partial charge in [0.25, 0.3) is 5.91 Å². The molecule has 2 heterocycles. The lowest BCUT2D eigenvalue weighted by Gasteiger charge is -2.53. The molecule has 0 amide bonds. The molecule has 5 nitrogen and oxygen atoms in total. The van der Waals surface area contributed by atoms with E-state index in [0.717, 1.165) is 46.0 Å². The Morgan fingerprint density at radius 1 is 1.07 bits per heavy atom. The van der Waals surface area contributed by atoms with Crippen LogP contribution in [0.25, 0.3) is 0 Å². The fraction of sp³-hybridized carbons (Fsp3) is 0.609. The van der Waals surface area contributed by atoms with Gasteiger partial charge in [0.05, 0.1) is 6.61 Å². The summed E-state index contributed by atoms with van der Waals surface area (Å²) < 4.78 is 7.14. The van der Waals surface area contributed by atoms with Gasteiger partial charge in [0.2, 0.25) is 0 Å². The van der Waals surface area contributed by atoms with Gasteiger partial charge in [-0.25, -0.2) is 4.98 Å². The number of carbonyl (C=O) groups excluding carboxylic acids is 1. The molecule has 1 atom stereocenters. The standard InChI is InChI=1S/C23H27N3O2S/c1-2-28-18-5-3-15(4-6-18)19-12-20(27)26-23(29-19)24-22(25-26)21-16-8-13-7-14(10-16)11-17(21)9-13/h3-6,13-14,16-17,19,21H,2,7-12H2,1H3/t13?,14?,16?,17?,19-,21?/m1/s1. The zero-order valence-electron chi connectivity index (χ0n) is 16.8. The molecule has 2 aromatic rings. The van der Waals surface area contributed by atoms with Crippen LogP contribution >= 0.6 is 11.8 Å². The number of fused-ring (bicyclic) bond motifs is 1. The smallest absolute Gasteiger partial charge is 0.250 e. The monoisotopic (exact) mass is 409 g/mol. The molecular formula is C23H27N3O2S. The van der Waals surface area contributed by atoms with Gasteiger partial charge in [0.15, 0.2) is 11.0 Å². The van der Waals surface area contributed by atoms with Gasteiger partial charge in [-0.05, 0) is 80.4 Å². The molecule has 0 radical (unpaired) electrons. The summed E-state index contributed by atoms with van der Waals surface area (Å²) in [5.74, 6) is 5.70. The summed E-state index contributed by atoms with van der Waals surface area (Å²) in [7, 11) is 0. The summed E-state index contributed by atoms with van der Waals surface area (Å²) in [6, 6.07) is 8.12. The van der Waals surface area contributed by atoms with Crippen LogP contribution in [-0.2, 0) is 0 Å². The van der Waals surface area contributed by atoms with E-state index in [-0.39, 0.29) is 11.2 Å². The van der Waals surface area contributed by atoms with Crippen molar-refractivity contribution >= 4 is 17.7 Å². The number of carbonyl (C=O) groups is 1. The van der Waals surface area contributed by atoms with Crippen LogP contribution in [0.2, 0.25) is 0 Å². The molecule has 1 aliphatic heterocycles. The van der Waals surface area contributed by atoms with Gasteiger partial charge in [-0.2, -0.15) is 4.68 Å². The highest BCUT2D eigenvalue weighted by molar-refractivity contribution is 7.99. The number of benzene rings is 1. The highest BCUT2D eigenvalue weighted by Crippen LogP contribution is 2.59. The van der Waals surface area contributed by atoms with E-state index in [1.807, 2.05) is 19.1 Å². The number of hydrogen-bond donors (Lipinski definition) is 0. The van der Waals surface area contributed by atoms with Gasteiger partial charge in [-0.15, -0.1) is 5.10 Å². The highest BCUT2D eigenvalue weighted by atomic mass is 32.2. The molecule has 7 rings (SSSR count). The van der Waals surface area contributed by atoms with Crippen LogP contribution in [0.15, 0.2) is 29.4 Å². The minimum atomic E-state index is 0.0696. The van der Waals surface area contributed by atoms with Crippen LogP contribution in [0.5, 0.6) is 5.75 Å². The Labute approximate surface area is 175 Å². The molecule has 0 spiro atoms. The van der Waals surface area contributed by atoms with Gasteiger partial charge in [-0.1, -0.05) is 23.9 Å². The third-order valence-electron chi connectivity index (χ3n) is 7.53. The lowest BCUT2D eigenvalue weighted by atomic mass is 9.52. The van der Waals surface area contributed by atoms with E-state index in [0.29, 0.717) is 18.9 Å². The largest absolute Gasteiger partial charge is 0.494 e. The van der Waals surface area contributed by atoms with E-state index in [1.54, 1.807) is 16.4 Å². The van der Waals surface area contributed by atoms with Crippen LogP contribution in [-0.4, -0.2) is 27.3 Å². The first-order chi connectivity index (χ1) is 14.2. The molecule has 0 saturated heterocycles.